The fourth-order valence-corrected chi connectivity index (χ4v) is 3.65. The number of fused-ring (bicyclic) bond motifs is 1. The van der Waals surface area contributed by atoms with Crippen LogP contribution in [0.2, 0.25) is 0 Å². The van der Waals surface area contributed by atoms with E-state index in [1.807, 2.05) is 0 Å². The number of rotatable bonds is 3. The molecule has 0 fully saturated rings. The molecular formula is C12H8N4O2S2. The van der Waals surface area contributed by atoms with E-state index in [0.29, 0.717) is 20.6 Å². The lowest BCUT2D eigenvalue weighted by molar-refractivity contribution is 0.0701. The van der Waals surface area contributed by atoms with E-state index in [1.54, 1.807) is 25.4 Å². The number of carboxylic acid groups (broad SMARTS) is 1. The predicted octanol–water partition coefficient (Wildman–Crippen LogP) is 2.64. The van der Waals surface area contributed by atoms with Crippen LogP contribution in [0, 0.1) is 6.92 Å². The van der Waals surface area contributed by atoms with Crippen LogP contribution < -0.4 is 0 Å². The van der Waals surface area contributed by atoms with Crippen molar-refractivity contribution in [1.82, 2.24) is 19.9 Å². The molecule has 0 aliphatic carbocycles. The van der Waals surface area contributed by atoms with Crippen molar-refractivity contribution in [2.45, 2.75) is 17.1 Å². The van der Waals surface area contributed by atoms with Gasteiger partial charge in [0.05, 0.1) is 0 Å². The van der Waals surface area contributed by atoms with Crippen molar-refractivity contribution in [3.05, 3.63) is 35.2 Å². The Morgan fingerprint density at radius 1 is 1.25 bits per heavy atom. The molecule has 1 N–H and O–H groups in total. The zero-order chi connectivity index (χ0) is 14.1. The normalized spacial score (nSPS) is 10.8. The van der Waals surface area contributed by atoms with E-state index < -0.39 is 5.97 Å². The molecule has 100 valence electrons. The van der Waals surface area contributed by atoms with Gasteiger partial charge in [0.2, 0.25) is 0 Å². The summed E-state index contributed by atoms with van der Waals surface area (Å²) in [7, 11) is 0. The van der Waals surface area contributed by atoms with Crippen molar-refractivity contribution in [3.63, 3.8) is 0 Å². The summed E-state index contributed by atoms with van der Waals surface area (Å²) in [5, 5.41) is 11.2. The van der Waals surface area contributed by atoms with Gasteiger partial charge in [0.15, 0.2) is 5.16 Å². The number of carbonyl (C=O) groups is 1. The second-order valence-corrected chi connectivity index (χ2v) is 5.81. The topological polar surface area (TPSA) is 88.9 Å². The summed E-state index contributed by atoms with van der Waals surface area (Å²) in [5.74, 6) is -0.947. The lowest BCUT2D eigenvalue weighted by Gasteiger charge is -2.01. The highest BCUT2D eigenvalue weighted by Crippen LogP contribution is 2.36. The van der Waals surface area contributed by atoms with Crippen LogP contribution in [0.5, 0.6) is 0 Å². The molecule has 0 saturated carbocycles. The Morgan fingerprint density at radius 2 is 2.00 bits per heavy atom. The van der Waals surface area contributed by atoms with E-state index in [-0.39, 0.29) is 4.88 Å². The Bertz CT molecular complexity index is 789. The minimum atomic E-state index is -0.947. The zero-order valence-corrected chi connectivity index (χ0v) is 11.9. The molecule has 0 spiro atoms. The summed E-state index contributed by atoms with van der Waals surface area (Å²) >= 11 is 2.45. The SMILES string of the molecule is Cc1c(C(=O)O)sc2ncnc(Sc3ncccn3)c12. The summed E-state index contributed by atoms with van der Waals surface area (Å²) in [6.45, 7) is 1.77. The molecule has 0 aliphatic heterocycles. The summed E-state index contributed by atoms with van der Waals surface area (Å²) < 4.78 is 0. The molecule has 3 aromatic heterocycles. The molecule has 20 heavy (non-hydrogen) atoms. The van der Waals surface area contributed by atoms with E-state index in [0.717, 1.165) is 16.7 Å². The van der Waals surface area contributed by atoms with Crippen LogP contribution in [0.4, 0.5) is 0 Å². The average Bonchev–Trinajstić information content (AvgIpc) is 2.79. The van der Waals surface area contributed by atoms with Crippen LogP contribution in [0.1, 0.15) is 15.2 Å². The van der Waals surface area contributed by atoms with Gasteiger partial charge in [0.1, 0.15) is 21.1 Å². The number of nitrogens with zero attached hydrogens (tertiary/aromatic N) is 4. The number of hydrogen-bond acceptors (Lipinski definition) is 7. The molecule has 6 nitrogen and oxygen atoms in total. The van der Waals surface area contributed by atoms with E-state index in [2.05, 4.69) is 19.9 Å². The lowest BCUT2D eigenvalue weighted by Crippen LogP contribution is -1.94. The fourth-order valence-electron chi connectivity index (χ4n) is 1.75. The Balaban J connectivity index is 2.14. The summed E-state index contributed by atoms with van der Waals surface area (Å²) in [6.07, 6.45) is 4.73. The van der Waals surface area contributed by atoms with Gasteiger partial charge in [-0.05, 0) is 30.3 Å². The van der Waals surface area contributed by atoms with Gasteiger partial charge >= 0.3 is 5.97 Å². The Hall–Kier alpha value is -2.06. The van der Waals surface area contributed by atoms with E-state index in [9.17, 15) is 9.90 Å². The van der Waals surface area contributed by atoms with Gasteiger partial charge in [-0.2, -0.15) is 0 Å². The van der Waals surface area contributed by atoms with Crippen LogP contribution in [0.25, 0.3) is 10.2 Å². The van der Waals surface area contributed by atoms with Gasteiger partial charge < -0.3 is 5.11 Å². The lowest BCUT2D eigenvalue weighted by atomic mass is 10.2. The molecule has 8 heteroatoms. The molecule has 0 aromatic carbocycles. The molecule has 0 atom stereocenters. The van der Waals surface area contributed by atoms with Crippen molar-refractivity contribution >= 4 is 39.3 Å². The quantitative estimate of drug-likeness (QED) is 0.587. The second-order valence-electron chi connectivity index (χ2n) is 3.85. The molecule has 0 saturated heterocycles. The standard InChI is InChI=1S/C12H8N4O2S2/c1-6-7-9(19-8(6)11(17)18)15-5-16-10(7)20-12-13-3-2-4-14-12/h2-5H,1H3,(H,17,18). The summed E-state index contributed by atoms with van der Waals surface area (Å²) in [6, 6.07) is 1.73. The average molecular weight is 304 g/mol. The largest absolute Gasteiger partial charge is 0.477 e. The molecule has 0 radical (unpaired) electrons. The molecular weight excluding hydrogens is 296 g/mol. The fraction of sp³-hybridized carbons (Fsp3) is 0.0833. The van der Waals surface area contributed by atoms with Crippen LogP contribution in [0.3, 0.4) is 0 Å². The first-order chi connectivity index (χ1) is 9.66. The third kappa shape index (κ3) is 2.23. The number of hydrogen-bond donors (Lipinski definition) is 1. The van der Waals surface area contributed by atoms with Crippen molar-refractivity contribution < 1.29 is 9.90 Å². The minimum absolute atomic E-state index is 0.288. The van der Waals surface area contributed by atoms with Crippen molar-refractivity contribution in [3.8, 4) is 0 Å². The monoisotopic (exact) mass is 304 g/mol. The molecule has 3 aromatic rings. The summed E-state index contributed by atoms with van der Waals surface area (Å²) in [5.41, 5.74) is 0.677. The second kappa shape index (κ2) is 5.14. The van der Waals surface area contributed by atoms with Gasteiger partial charge in [0, 0.05) is 17.8 Å². The molecule has 0 aliphatic rings. The van der Waals surface area contributed by atoms with Crippen LogP contribution in [0.15, 0.2) is 35.0 Å². The number of aromatic nitrogens is 4. The third-order valence-electron chi connectivity index (χ3n) is 2.62. The van der Waals surface area contributed by atoms with Gasteiger partial charge in [-0.3, -0.25) is 0 Å². The molecule has 0 bridgehead atoms. The maximum Gasteiger partial charge on any atom is 0.346 e. The van der Waals surface area contributed by atoms with Crippen LogP contribution in [-0.4, -0.2) is 31.0 Å². The van der Waals surface area contributed by atoms with Gasteiger partial charge in [-0.25, -0.2) is 24.7 Å². The smallest absolute Gasteiger partial charge is 0.346 e. The maximum atomic E-state index is 11.2. The highest BCUT2D eigenvalue weighted by Gasteiger charge is 2.19. The molecule has 0 amide bonds. The highest BCUT2D eigenvalue weighted by atomic mass is 32.2. The molecule has 0 unspecified atom stereocenters. The summed E-state index contributed by atoms with van der Waals surface area (Å²) in [4.78, 5) is 28.8. The van der Waals surface area contributed by atoms with Gasteiger partial charge in [-0.1, -0.05) is 0 Å². The van der Waals surface area contributed by atoms with Crippen molar-refractivity contribution in [2.24, 2.45) is 0 Å². The van der Waals surface area contributed by atoms with Crippen molar-refractivity contribution in [2.75, 3.05) is 0 Å². The van der Waals surface area contributed by atoms with Gasteiger partial charge in [0.25, 0.3) is 0 Å². The minimum Gasteiger partial charge on any atom is -0.477 e. The molecule has 3 heterocycles. The first kappa shape index (κ1) is 12.9. The molecule has 3 rings (SSSR count). The first-order valence-corrected chi connectivity index (χ1v) is 7.22. The van der Waals surface area contributed by atoms with Gasteiger partial charge in [-0.15, -0.1) is 11.3 Å². The number of thiophene rings is 1. The maximum absolute atomic E-state index is 11.2. The van der Waals surface area contributed by atoms with Crippen molar-refractivity contribution in [1.29, 1.82) is 0 Å². The van der Waals surface area contributed by atoms with Crippen LogP contribution in [-0.2, 0) is 0 Å². The number of aromatic carboxylic acids is 1. The Labute approximate surface area is 121 Å². The van der Waals surface area contributed by atoms with Crippen LogP contribution >= 0.6 is 23.1 Å². The Kier molecular flexibility index (Phi) is 3.33. The van der Waals surface area contributed by atoms with E-state index >= 15 is 0 Å². The number of carboxylic acids is 1. The highest BCUT2D eigenvalue weighted by molar-refractivity contribution is 7.99. The predicted molar refractivity (Wildman–Crippen MR) is 75.3 cm³/mol. The Morgan fingerprint density at radius 3 is 2.70 bits per heavy atom. The van der Waals surface area contributed by atoms with E-state index in [1.165, 1.54) is 18.1 Å². The third-order valence-corrected chi connectivity index (χ3v) is 4.70. The zero-order valence-electron chi connectivity index (χ0n) is 10.3. The first-order valence-electron chi connectivity index (χ1n) is 5.59. The van der Waals surface area contributed by atoms with E-state index in [4.69, 9.17) is 0 Å². The number of aryl methyl sites for hydroxylation is 1.